The molecule has 0 bridgehead atoms. The van der Waals surface area contributed by atoms with Crippen molar-refractivity contribution in [2.75, 3.05) is 7.11 Å². The summed E-state index contributed by atoms with van der Waals surface area (Å²) in [6.07, 6.45) is 4.74. The van der Waals surface area contributed by atoms with E-state index in [0.29, 0.717) is 5.92 Å². The summed E-state index contributed by atoms with van der Waals surface area (Å²) in [4.78, 5) is 21.8. The number of carboxylic acid groups (broad SMARTS) is 1. The van der Waals surface area contributed by atoms with E-state index < -0.39 is 5.97 Å². The zero-order valence-corrected chi connectivity index (χ0v) is 9.07. The van der Waals surface area contributed by atoms with Crippen molar-refractivity contribution in [3.8, 4) is 0 Å². The third-order valence-electron chi connectivity index (χ3n) is 3.16. The summed E-state index contributed by atoms with van der Waals surface area (Å²) in [5.74, 6) is -0.776. The van der Waals surface area contributed by atoms with Crippen LogP contribution in [0.25, 0.3) is 0 Å². The van der Waals surface area contributed by atoms with Gasteiger partial charge in [-0.1, -0.05) is 25.7 Å². The van der Waals surface area contributed by atoms with E-state index in [0.717, 1.165) is 25.7 Å². The fourth-order valence-electron chi connectivity index (χ4n) is 2.36. The van der Waals surface area contributed by atoms with Gasteiger partial charge in [0.2, 0.25) is 0 Å². The van der Waals surface area contributed by atoms with Gasteiger partial charge in [-0.25, -0.2) is 0 Å². The summed E-state index contributed by atoms with van der Waals surface area (Å²) in [5, 5.41) is 8.78. The van der Waals surface area contributed by atoms with Gasteiger partial charge in [0.05, 0.1) is 7.11 Å². The molecule has 0 aromatic rings. The second-order valence-corrected chi connectivity index (χ2v) is 4.18. The SMILES string of the molecule is COC(=O)CC(CC(=O)O)C1CCCC1. The minimum Gasteiger partial charge on any atom is -0.481 e. The van der Waals surface area contributed by atoms with Crippen LogP contribution in [0, 0.1) is 11.8 Å². The standard InChI is InChI=1S/C11H18O4/c1-15-11(14)7-9(6-10(12)13)8-4-2-3-5-8/h8-9H,2-7H2,1H3,(H,12,13). The lowest BCUT2D eigenvalue weighted by Crippen LogP contribution is -2.20. The lowest BCUT2D eigenvalue weighted by Gasteiger charge is -2.20. The Labute approximate surface area is 89.6 Å². The first kappa shape index (κ1) is 12.0. The molecule has 0 spiro atoms. The highest BCUT2D eigenvalue weighted by Crippen LogP contribution is 2.35. The summed E-state index contributed by atoms with van der Waals surface area (Å²) in [5.41, 5.74) is 0. The van der Waals surface area contributed by atoms with Gasteiger partial charge < -0.3 is 9.84 Å². The molecular weight excluding hydrogens is 196 g/mol. The first-order valence-corrected chi connectivity index (χ1v) is 5.42. The Kier molecular flexibility index (Phi) is 4.59. The predicted molar refractivity (Wildman–Crippen MR) is 54.3 cm³/mol. The first-order chi connectivity index (χ1) is 7.13. The molecule has 1 N–H and O–H groups in total. The number of aliphatic carboxylic acids is 1. The maximum absolute atomic E-state index is 11.1. The van der Waals surface area contributed by atoms with E-state index in [4.69, 9.17) is 5.11 Å². The first-order valence-electron chi connectivity index (χ1n) is 5.42. The van der Waals surface area contributed by atoms with Crippen LogP contribution in [0.15, 0.2) is 0 Å². The second kappa shape index (κ2) is 5.73. The molecule has 0 radical (unpaired) electrons. The smallest absolute Gasteiger partial charge is 0.305 e. The molecule has 15 heavy (non-hydrogen) atoms. The van der Waals surface area contributed by atoms with Crippen LogP contribution in [0.2, 0.25) is 0 Å². The molecule has 86 valence electrons. The average Bonchev–Trinajstić information content (AvgIpc) is 2.68. The zero-order chi connectivity index (χ0) is 11.3. The number of hydrogen-bond acceptors (Lipinski definition) is 3. The molecule has 1 rings (SSSR count). The van der Waals surface area contributed by atoms with Gasteiger partial charge in [0.1, 0.15) is 0 Å². The molecule has 0 saturated heterocycles. The highest BCUT2D eigenvalue weighted by Gasteiger charge is 2.28. The lowest BCUT2D eigenvalue weighted by molar-refractivity contribution is -0.143. The van der Waals surface area contributed by atoms with E-state index in [2.05, 4.69) is 4.74 Å². The second-order valence-electron chi connectivity index (χ2n) is 4.18. The fourth-order valence-corrected chi connectivity index (χ4v) is 2.36. The van der Waals surface area contributed by atoms with Crippen molar-refractivity contribution >= 4 is 11.9 Å². The van der Waals surface area contributed by atoms with Gasteiger partial charge in [-0.15, -0.1) is 0 Å². The van der Waals surface area contributed by atoms with Crippen molar-refractivity contribution in [2.24, 2.45) is 11.8 Å². The van der Waals surface area contributed by atoms with Gasteiger partial charge in [0.25, 0.3) is 0 Å². The molecule has 0 aromatic heterocycles. The zero-order valence-electron chi connectivity index (χ0n) is 9.07. The summed E-state index contributed by atoms with van der Waals surface area (Å²) >= 11 is 0. The number of methoxy groups -OCH3 is 1. The molecule has 1 aliphatic rings. The quantitative estimate of drug-likeness (QED) is 0.709. The highest BCUT2D eigenvalue weighted by molar-refractivity contribution is 5.72. The Morgan fingerprint density at radius 2 is 1.93 bits per heavy atom. The number of carboxylic acids is 1. The topological polar surface area (TPSA) is 63.6 Å². The van der Waals surface area contributed by atoms with Gasteiger partial charge in [-0.2, -0.15) is 0 Å². The minimum absolute atomic E-state index is 0.0440. The third kappa shape index (κ3) is 3.90. The van der Waals surface area contributed by atoms with Crippen LogP contribution in [-0.4, -0.2) is 24.2 Å². The molecule has 0 amide bonds. The van der Waals surface area contributed by atoms with Crippen molar-refractivity contribution in [3.05, 3.63) is 0 Å². The van der Waals surface area contributed by atoms with Crippen molar-refractivity contribution in [2.45, 2.75) is 38.5 Å². The van der Waals surface area contributed by atoms with E-state index in [1.54, 1.807) is 0 Å². The van der Waals surface area contributed by atoms with Crippen LogP contribution >= 0.6 is 0 Å². The van der Waals surface area contributed by atoms with Crippen LogP contribution in [0.5, 0.6) is 0 Å². The predicted octanol–water partition coefficient (Wildman–Crippen LogP) is 1.83. The van der Waals surface area contributed by atoms with Crippen LogP contribution < -0.4 is 0 Å². The number of carbonyl (C=O) groups excluding carboxylic acids is 1. The molecular formula is C11H18O4. The molecule has 1 saturated carbocycles. The van der Waals surface area contributed by atoms with Crippen LogP contribution in [0.3, 0.4) is 0 Å². The van der Waals surface area contributed by atoms with Crippen LogP contribution in [0.1, 0.15) is 38.5 Å². The lowest BCUT2D eigenvalue weighted by atomic mass is 9.85. The van der Waals surface area contributed by atoms with Crippen molar-refractivity contribution < 1.29 is 19.4 Å². The number of carbonyl (C=O) groups is 2. The Bertz CT molecular complexity index is 231. The van der Waals surface area contributed by atoms with Gasteiger partial charge >= 0.3 is 11.9 Å². The molecule has 1 aliphatic carbocycles. The highest BCUT2D eigenvalue weighted by atomic mass is 16.5. The van der Waals surface area contributed by atoms with E-state index in [9.17, 15) is 9.59 Å². The average molecular weight is 214 g/mol. The number of esters is 1. The molecule has 0 aliphatic heterocycles. The van der Waals surface area contributed by atoms with E-state index in [-0.39, 0.29) is 24.7 Å². The third-order valence-corrected chi connectivity index (χ3v) is 3.16. The number of ether oxygens (including phenoxy) is 1. The van der Waals surface area contributed by atoms with E-state index in [1.807, 2.05) is 0 Å². The molecule has 0 aromatic carbocycles. The van der Waals surface area contributed by atoms with Gasteiger partial charge in [0, 0.05) is 12.8 Å². The van der Waals surface area contributed by atoms with Gasteiger partial charge in [-0.05, 0) is 11.8 Å². The Morgan fingerprint density at radius 1 is 1.33 bits per heavy atom. The Balaban J connectivity index is 2.51. The minimum atomic E-state index is -0.823. The maximum Gasteiger partial charge on any atom is 0.305 e. The van der Waals surface area contributed by atoms with Crippen LogP contribution in [0.4, 0.5) is 0 Å². The normalized spacial score (nSPS) is 18.7. The molecule has 0 heterocycles. The monoisotopic (exact) mass is 214 g/mol. The Hall–Kier alpha value is -1.06. The van der Waals surface area contributed by atoms with Crippen molar-refractivity contribution in [3.63, 3.8) is 0 Å². The number of hydrogen-bond donors (Lipinski definition) is 1. The van der Waals surface area contributed by atoms with Gasteiger partial charge in [0.15, 0.2) is 0 Å². The van der Waals surface area contributed by atoms with E-state index >= 15 is 0 Å². The molecule has 1 unspecified atom stereocenters. The fraction of sp³-hybridized carbons (Fsp3) is 0.818. The molecule has 4 nitrogen and oxygen atoms in total. The van der Waals surface area contributed by atoms with E-state index in [1.165, 1.54) is 7.11 Å². The summed E-state index contributed by atoms with van der Waals surface area (Å²) in [6.45, 7) is 0. The van der Waals surface area contributed by atoms with Crippen LogP contribution in [-0.2, 0) is 14.3 Å². The Morgan fingerprint density at radius 3 is 2.40 bits per heavy atom. The summed E-state index contributed by atoms with van der Waals surface area (Å²) in [7, 11) is 1.34. The largest absolute Gasteiger partial charge is 0.481 e. The van der Waals surface area contributed by atoms with Crippen molar-refractivity contribution in [1.29, 1.82) is 0 Å². The molecule has 1 atom stereocenters. The molecule has 1 fully saturated rings. The summed E-state index contributed by atoms with van der Waals surface area (Å²) < 4.78 is 4.59. The maximum atomic E-state index is 11.1. The number of rotatable bonds is 5. The summed E-state index contributed by atoms with van der Waals surface area (Å²) in [6, 6.07) is 0. The molecule has 4 heteroatoms. The van der Waals surface area contributed by atoms with Crippen molar-refractivity contribution in [1.82, 2.24) is 0 Å². The van der Waals surface area contributed by atoms with Gasteiger partial charge in [-0.3, -0.25) is 9.59 Å².